The van der Waals surface area contributed by atoms with E-state index in [9.17, 15) is 15.4 Å². The monoisotopic (exact) mass is 241 g/mol. The molecule has 3 N–H and O–H groups in total. The minimum atomic E-state index is -0.515. The van der Waals surface area contributed by atoms with E-state index in [2.05, 4.69) is 5.32 Å². The van der Waals surface area contributed by atoms with Gasteiger partial charge in [0.05, 0.1) is 12.2 Å². The van der Waals surface area contributed by atoms with Gasteiger partial charge < -0.3 is 25.8 Å². The summed E-state index contributed by atoms with van der Waals surface area (Å²) in [6, 6.07) is -0.141. The highest BCUT2D eigenvalue weighted by Gasteiger charge is 2.44. The van der Waals surface area contributed by atoms with E-state index in [1.807, 2.05) is 0 Å². The van der Waals surface area contributed by atoms with E-state index < -0.39 is 6.10 Å². The lowest BCUT2D eigenvalue weighted by molar-refractivity contribution is -0.0595. The molecule has 0 bridgehead atoms. The van der Waals surface area contributed by atoms with Crippen molar-refractivity contribution < 1.29 is 10.2 Å². The largest absolute Gasteiger partial charge is 0.785 e. The Kier molecular flexibility index (Phi) is 3.13. The molecular formula is C12H21N2O3-. The molecule has 6 unspecified atom stereocenters. The fourth-order valence-corrected chi connectivity index (χ4v) is 3.78. The lowest BCUT2D eigenvalue weighted by Crippen LogP contribution is -2.70. The summed E-state index contributed by atoms with van der Waals surface area (Å²) in [5.74, 6) is 0. The topological polar surface area (TPSA) is 78.8 Å². The highest BCUT2D eigenvalue weighted by Crippen LogP contribution is 2.34. The molecule has 5 nitrogen and oxygen atoms in total. The molecule has 3 aliphatic rings. The summed E-state index contributed by atoms with van der Waals surface area (Å²) in [5, 5.41) is 36.6. The van der Waals surface area contributed by atoms with Crippen molar-refractivity contribution in [1.29, 1.82) is 0 Å². The molecule has 3 rings (SSSR count). The molecule has 0 spiro atoms. The second-order valence-electron chi connectivity index (χ2n) is 5.76. The van der Waals surface area contributed by atoms with Gasteiger partial charge in [-0.2, -0.15) is 0 Å². The van der Waals surface area contributed by atoms with Crippen LogP contribution in [-0.4, -0.2) is 51.7 Å². The predicted molar refractivity (Wildman–Crippen MR) is 63.2 cm³/mol. The van der Waals surface area contributed by atoms with Gasteiger partial charge in [-0.3, -0.25) is 0 Å². The quantitative estimate of drug-likeness (QED) is 0.554. The minimum absolute atomic E-state index is 0.132. The number of fused-ring (bicyclic) bond motifs is 2. The lowest BCUT2D eigenvalue weighted by atomic mass is 9.78. The van der Waals surface area contributed by atoms with E-state index in [1.165, 1.54) is 0 Å². The highest BCUT2D eigenvalue weighted by molar-refractivity contribution is 5.06. The van der Waals surface area contributed by atoms with Crippen LogP contribution in [0.3, 0.4) is 0 Å². The molecule has 0 aromatic heterocycles. The summed E-state index contributed by atoms with van der Waals surface area (Å²) in [6.45, 7) is 0. The lowest BCUT2D eigenvalue weighted by Gasteiger charge is -2.59. The molecule has 0 aromatic rings. The normalized spacial score (nSPS) is 51.7. The van der Waals surface area contributed by atoms with E-state index in [1.54, 1.807) is 0 Å². The molecule has 98 valence electrons. The van der Waals surface area contributed by atoms with Gasteiger partial charge in [-0.05, 0) is 38.5 Å². The molecule has 0 radical (unpaired) electrons. The first kappa shape index (κ1) is 11.9. The van der Waals surface area contributed by atoms with Crippen LogP contribution in [-0.2, 0) is 0 Å². The molecule has 1 heterocycles. The first-order valence-electron chi connectivity index (χ1n) is 6.74. The SMILES string of the molecule is [O-]N1C2CC(O)CCC2NC2CCCC(O)C21. The zero-order valence-electron chi connectivity index (χ0n) is 9.96. The summed E-state index contributed by atoms with van der Waals surface area (Å²) >= 11 is 0. The Morgan fingerprint density at radius 3 is 2.71 bits per heavy atom. The van der Waals surface area contributed by atoms with Gasteiger partial charge in [0, 0.05) is 24.2 Å². The van der Waals surface area contributed by atoms with Crippen LogP contribution in [0.5, 0.6) is 0 Å². The number of rotatable bonds is 0. The van der Waals surface area contributed by atoms with Crippen LogP contribution in [0.2, 0.25) is 0 Å². The molecule has 1 aliphatic heterocycles. The summed E-state index contributed by atoms with van der Waals surface area (Å²) in [6.07, 6.45) is 4.01. The Labute approximate surface area is 101 Å². The number of aliphatic hydroxyl groups excluding tert-OH is 2. The van der Waals surface area contributed by atoms with Crippen LogP contribution >= 0.6 is 0 Å². The standard InChI is InChI=1S/C12H21N2O3/c15-7-4-5-8-10(6-7)14(17)12-9(13-8)2-1-3-11(12)16/h7-13,15-16H,1-6H2/q-1. The first-order chi connectivity index (χ1) is 8.16. The van der Waals surface area contributed by atoms with Crippen molar-refractivity contribution in [1.82, 2.24) is 10.4 Å². The number of hydroxylamine groups is 2. The second-order valence-corrected chi connectivity index (χ2v) is 5.76. The zero-order chi connectivity index (χ0) is 12.0. The van der Waals surface area contributed by atoms with Crippen molar-refractivity contribution in [3.63, 3.8) is 0 Å². The van der Waals surface area contributed by atoms with Gasteiger partial charge in [0.2, 0.25) is 0 Å². The Balaban J connectivity index is 1.79. The van der Waals surface area contributed by atoms with Gasteiger partial charge in [-0.25, -0.2) is 0 Å². The van der Waals surface area contributed by atoms with Crippen molar-refractivity contribution in [2.45, 2.75) is 74.9 Å². The molecule has 3 fully saturated rings. The van der Waals surface area contributed by atoms with Crippen molar-refractivity contribution >= 4 is 0 Å². The third kappa shape index (κ3) is 2.00. The van der Waals surface area contributed by atoms with Crippen LogP contribution in [0, 0.1) is 5.21 Å². The molecule has 2 saturated carbocycles. The fourth-order valence-electron chi connectivity index (χ4n) is 3.78. The first-order valence-corrected chi connectivity index (χ1v) is 6.74. The molecule has 2 aliphatic carbocycles. The van der Waals surface area contributed by atoms with Crippen molar-refractivity contribution in [3.8, 4) is 0 Å². The number of piperazine rings is 1. The number of nitrogens with zero attached hydrogens (tertiary/aromatic N) is 1. The van der Waals surface area contributed by atoms with Crippen LogP contribution in [0.4, 0.5) is 0 Å². The number of nitrogens with one attached hydrogen (secondary N) is 1. The van der Waals surface area contributed by atoms with Crippen LogP contribution in [0.25, 0.3) is 0 Å². The Bertz CT molecular complexity index is 289. The molecule has 17 heavy (non-hydrogen) atoms. The van der Waals surface area contributed by atoms with Crippen molar-refractivity contribution in [2.24, 2.45) is 0 Å². The maximum absolute atomic E-state index is 12.4. The fraction of sp³-hybridized carbons (Fsp3) is 1.00. The summed E-state index contributed by atoms with van der Waals surface area (Å²) in [4.78, 5) is 0. The number of aliphatic hydroxyl groups is 2. The van der Waals surface area contributed by atoms with Gasteiger partial charge in [0.1, 0.15) is 0 Å². The van der Waals surface area contributed by atoms with Gasteiger partial charge in [-0.15, -0.1) is 0 Å². The molecule has 1 saturated heterocycles. The van der Waals surface area contributed by atoms with Crippen LogP contribution in [0.1, 0.15) is 38.5 Å². The van der Waals surface area contributed by atoms with E-state index in [-0.39, 0.29) is 30.3 Å². The zero-order valence-corrected chi connectivity index (χ0v) is 9.96. The van der Waals surface area contributed by atoms with E-state index in [4.69, 9.17) is 0 Å². The highest BCUT2D eigenvalue weighted by atomic mass is 16.5. The van der Waals surface area contributed by atoms with Gasteiger partial charge in [-0.1, -0.05) is 0 Å². The van der Waals surface area contributed by atoms with Crippen LogP contribution in [0.15, 0.2) is 0 Å². The molecule has 0 amide bonds. The average Bonchev–Trinajstić information content (AvgIpc) is 2.30. The molecular weight excluding hydrogens is 220 g/mol. The second kappa shape index (κ2) is 4.48. The minimum Gasteiger partial charge on any atom is -0.785 e. The Morgan fingerprint density at radius 2 is 1.88 bits per heavy atom. The van der Waals surface area contributed by atoms with Gasteiger partial charge in [0.25, 0.3) is 0 Å². The summed E-state index contributed by atoms with van der Waals surface area (Å²) < 4.78 is 0. The maximum Gasteiger partial charge on any atom is 0.0701 e. The predicted octanol–water partition coefficient (Wildman–Crippen LogP) is -0.0466. The number of hydrogen-bond acceptors (Lipinski definition) is 5. The van der Waals surface area contributed by atoms with Crippen molar-refractivity contribution in [3.05, 3.63) is 5.21 Å². The Hall–Kier alpha value is -0.200. The van der Waals surface area contributed by atoms with E-state index in [0.717, 1.165) is 37.2 Å². The third-order valence-corrected chi connectivity index (χ3v) is 4.66. The smallest absolute Gasteiger partial charge is 0.0701 e. The molecule has 5 heteroatoms. The third-order valence-electron chi connectivity index (χ3n) is 4.66. The number of hydrogen-bond donors (Lipinski definition) is 3. The van der Waals surface area contributed by atoms with Crippen LogP contribution < -0.4 is 5.32 Å². The molecule has 6 atom stereocenters. The van der Waals surface area contributed by atoms with E-state index in [0.29, 0.717) is 6.42 Å². The molecule has 0 aromatic carbocycles. The van der Waals surface area contributed by atoms with Gasteiger partial charge in [0.15, 0.2) is 0 Å². The summed E-state index contributed by atoms with van der Waals surface area (Å²) in [5.41, 5.74) is 0. The van der Waals surface area contributed by atoms with E-state index >= 15 is 0 Å². The van der Waals surface area contributed by atoms with Crippen molar-refractivity contribution in [2.75, 3.05) is 0 Å². The maximum atomic E-state index is 12.4. The average molecular weight is 241 g/mol. The summed E-state index contributed by atoms with van der Waals surface area (Å²) in [7, 11) is 0. The van der Waals surface area contributed by atoms with Gasteiger partial charge >= 0.3 is 0 Å². The Morgan fingerprint density at radius 1 is 1.06 bits per heavy atom.